The minimum Gasteiger partial charge on any atom is -0.299 e. The fourth-order valence-corrected chi connectivity index (χ4v) is 1.18. The zero-order valence-corrected chi connectivity index (χ0v) is 6.92. The summed E-state index contributed by atoms with van der Waals surface area (Å²) in [5.41, 5.74) is 0.929. The van der Waals surface area contributed by atoms with Crippen molar-refractivity contribution in [3.63, 3.8) is 0 Å². The van der Waals surface area contributed by atoms with Crippen LogP contribution in [0.25, 0.3) is 17.1 Å². The zero-order valence-electron chi connectivity index (χ0n) is 6.92. The Morgan fingerprint density at radius 2 is 2.15 bits per heavy atom. The minimum absolute atomic E-state index is 0.729. The lowest BCUT2D eigenvalue weighted by atomic mass is 10.3. The van der Waals surface area contributed by atoms with Gasteiger partial charge in [-0.2, -0.15) is 5.10 Å². The molecule has 0 aliphatic heterocycles. The number of hydrogen-bond acceptors (Lipinski definition) is 2. The highest BCUT2D eigenvalue weighted by molar-refractivity contribution is 5.79. The van der Waals surface area contributed by atoms with Crippen LogP contribution in [0.15, 0.2) is 36.5 Å². The molecule has 0 N–H and O–H groups in total. The third-order valence-corrected chi connectivity index (χ3v) is 1.75. The molecule has 0 fully saturated rings. The lowest BCUT2D eigenvalue weighted by Crippen LogP contribution is -1.84. The molecule has 0 spiro atoms. The Morgan fingerprint density at radius 1 is 1.31 bits per heavy atom. The van der Waals surface area contributed by atoms with Gasteiger partial charge in [-0.25, -0.2) is 4.68 Å². The van der Waals surface area contributed by atoms with Gasteiger partial charge in [-0.15, -0.1) is 0 Å². The third kappa shape index (κ3) is 1.49. The van der Waals surface area contributed by atoms with E-state index in [9.17, 15) is 4.79 Å². The highest BCUT2D eigenvalue weighted by Crippen LogP contribution is 2.10. The molecule has 2 rings (SSSR count). The summed E-state index contributed by atoms with van der Waals surface area (Å²) < 4.78 is 1.62. The zero-order chi connectivity index (χ0) is 9.10. The average molecular weight is 172 g/mol. The SMILES string of the molecule is O=CC=Cn1cc2ccccc2n1. The molecular formula is C10H8N2O. The van der Waals surface area contributed by atoms with Crippen molar-refractivity contribution in [3.8, 4) is 0 Å². The quantitative estimate of drug-likeness (QED) is 0.510. The Morgan fingerprint density at radius 3 is 2.92 bits per heavy atom. The topological polar surface area (TPSA) is 34.9 Å². The van der Waals surface area contributed by atoms with E-state index in [0.717, 1.165) is 17.2 Å². The van der Waals surface area contributed by atoms with Crippen LogP contribution in [0, 0.1) is 0 Å². The fourth-order valence-electron chi connectivity index (χ4n) is 1.18. The maximum atomic E-state index is 10.1. The van der Waals surface area contributed by atoms with Crippen molar-refractivity contribution >= 4 is 23.4 Å². The molecule has 0 aliphatic carbocycles. The van der Waals surface area contributed by atoms with Crippen LogP contribution in [-0.4, -0.2) is 16.1 Å². The molecule has 13 heavy (non-hydrogen) atoms. The summed E-state index contributed by atoms with van der Waals surface area (Å²) in [5.74, 6) is 0. The lowest BCUT2D eigenvalue weighted by Gasteiger charge is -1.84. The van der Waals surface area contributed by atoms with Gasteiger partial charge in [0.25, 0.3) is 0 Å². The summed E-state index contributed by atoms with van der Waals surface area (Å²) in [4.78, 5) is 10.1. The summed E-state index contributed by atoms with van der Waals surface area (Å²) in [6, 6.07) is 7.80. The monoisotopic (exact) mass is 172 g/mol. The van der Waals surface area contributed by atoms with Crippen LogP contribution in [0.5, 0.6) is 0 Å². The Labute approximate surface area is 75.3 Å². The molecule has 64 valence electrons. The number of allylic oxidation sites excluding steroid dienone is 1. The van der Waals surface area contributed by atoms with Crippen molar-refractivity contribution in [1.82, 2.24) is 9.78 Å². The summed E-state index contributed by atoms with van der Waals surface area (Å²) >= 11 is 0. The highest BCUT2D eigenvalue weighted by atomic mass is 16.1. The molecule has 0 radical (unpaired) electrons. The fraction of sp³-hybridized carbons (Fsp3) is 0. The molecule has 0 bridgehead atoms. The van der Waals surface area contributed by atoms with E-state index in [2.05, 4.69) is 5.10 Å². The first-order valence-corrected chi connectivity index (χ1v) is 3.96. The molecule has 0 aliphatic rings. The van der Waals surface area contributed by atoms with Gasteiger partial charge in [-0.05, 0) is 12.1 Å². The van der Waals surface area contributed by atoms with Gasteiger partial charge >= 0.3 is 0 Å². The molecule has 0 atom stereocenters. The number of aromatic nitrogens is 2. The van der Waals surface area contributed by atoms with Crippen molar-refractivity contribution < 1.29 is 4.79 Å². The van der Waals surface area contributed by atoms with E-state index >= 15 is 0 Å². The van der Waals surface area contributed by atoms with Gasteiger partial charge in [0, 0.05) is 17.8 Å². The predicted molar refractivity (Wildman–Crippen MR) is 51.1 cm³/mol. The number of fused-ring (bicyclic) bond motifs is 1. The predicted octanol–water partition coefficient (Wildman–Crippen LogP) is 1.71. The maximum Gasteiger partial charge on any atom is 0.144 e. The van der Waals surface area contributed by atoms with Crippen molar-refractivity contribution in [2.75, 3.05) is 0 Å². The van der Waals surface area contributed by atoms with Crippen molar-refractivity contribution in [2.24, 2.45) is 0 Å². The molecule has 2 aromatic rings. The number of carbonyl (C=O) groups is 1. The van der Waals surface area contributed by atoms with Crippen LogP contribution in [0.4, 0.5) is 0 Å². The number of carbonyl (C=O) groups excluding carboxylic acids is 1. The average Bonchev–Trinajstić information content (AvgIpc) is 2.57. The molecule has 1 aromatic carbocycles. The molecule has 0 unspecified atom stereocenters. The lowest BCUT2D eigenvalue weighted by molar-refractivity contribution is -0.104. The Balaban J connectivity index is 2.49. The molecule has 0 saturated carbocycles. The van der Waals surface area contributed by atoms with Crippen LogP contribution in [0.3, 0.4) is 0 Å². The van der Waals surface area contributed by atoms with Gasteiger partial charge in [0.2, 0.25) is 0 Å². The van der Waals surface area contributed by atoms with E-state index in [4.69, 9.17) is 0 Å². The van der Waals surface area contributed by atoms with Gasteiger partial charge in [-0.1, -0.05) is 18.2 Å². The largest absolute Gasteiger partial charge is 0.299 e. The Kier molecular flexibility index (Phi) is 1.92. The van der Waals surface area contributed by atoms with Crippen molar-refractivity contribution in [1.29, 1.82) is 0 Å². The summed E-state index contributed by atoms with van der Waals surface area (Å²) in [6.45, 7) is 0. The normalized spacial score (nSPS) is 11.1. The number of aldehydes is 1. The summed E-state index contributed by atoms with van der Waals surface area (Å²) in [5, 5.41) is 5.29. The van der Waals surface area contributed by atoms with E-state index in [1.807, 2.05) is 30.5 Å². The number of hydrogen-bond donors (Lipinski definition) is 0. The number of nitrogens with zero attached hydrogens (tertiary/aromatic N) is 2. The van der Waals surface area contributed by atoms with Crippen LogP contribution in [0.1, 0.15) is 0 Å². The van der Waals surface area contributed by atoms with E-state index in [1.54, 1.807) is 10.9 Å². The van der Waals surface area contributed by atoms with Crippen molar-refractivity contribution in [3.05, 3.63) is 36.5 Å². The molecule has 3 heteroatoms. The number of benzene rings is 1. The van der Waals surface area contributed by atoms with Crippen LogP contribution < -0.4 is 0 Å². The second-order valence-electron chi connectivity index (χ2n) is 2.65. The standard InChI is InChI=1S/C10H8N2O/c13-7-3-6-12-8-9-4-1-2-5-10(9)11-12/h1-8H. The van der Waals surface area contributed by atoms with E-state index in [1.165, 1.54) is 6.08 Å². The Hall–Kier alpha value is -1.90. The van der Waals surface area contributed by atoms with Crippen LogP contribution in [0.2, 0.25) is 0 Å². The second-order valence-corrected chi connectivity index (χ2v) is 2.65. The van der Waals surface area contributed by atoms with Gasteiger partial charge in [0.1, 0.15) is 6.29 Å². The molecular weight excluding hydrogens is 164 g/mol. The number of rotatable bonds is 2. The third-order valence-electron chi connectivity index (χ3n) is 1.75. The van der Waals surface area contributed by atoms with E-state index < -0.39 is 0 Å². The van der Waals surface area contributed by atoms with Gasteiger partial charge in [0.05, 0.1) is 5.52 Å². The molecule has 3 nitrogen and oxygen atoms in total. The van der Waals surface area contributed by atoms with Gasteiger partial charge in [0.15, 0.2) is 0 Å². The molecule has 1 heterocycles. The minimum atomic E-state index is 0.729. The molecule has 0 amide bonds. The van der Waals surface area contributed by atoms with Gasteiger partial charge < -0.3 is 0 Å². The van der Waals surface area contributed by atoms with Gasteiger partial charge in [-0.3, -0.25) is 4.79 Å². The van der Waals surface area contributed by atoms with E-state index in [0.29, 0.717) is 0 Å². The first-order chi connectivity index (χ1) is 6.40. The molecule has 0 saturated heterocycles. The van der Waals surface area contributed by atoms with Crippen LogP contribution >= 0.6 is 0 Å². The van der Waals surface area contributed by atoms with E-state index in [-0.39, 0.29) is 0 Å². The first-order valence-electron chi connectivity index (χ1n) is 3.96. The first kappa shape index (κ1) is 7.73. The smallest absolute Gasteiger partial charge is 0.144 e. The second kappa shape index (κ2) is 3.23. The van der Waals surface area contributed by atoms with Crippen LogP contribution in [-0.2, 0) is 4.79 Å². The summed E-state index contributed by atoms with van der Waals surface area (Å²) in [7, 11) is 0. The van der Waals surface area contributed by atoms with Crippen molar-refractivity contribution in [2.45, 2.75) is 0 Å². The maximum absolute atomic E-state index is 10.1. The highest BCUT2D eigenvalue weighted by Gasteiger charge is 1.94. The molecule has 1 aromatic heterocycles. The Bertz CT molecular complexity index is 424. The summed E-state index contributed by atoms with van der Waals surface area (Å²) in [6.07, 6.45) is 5.63.